The first kappa shape index (κ1) is 20.2. The predicted molar refractivity (Wildman–Crippen MR) is 124 cm³/mol. The molecule has 0 radical (unpaired) electrons. The Morgan fingerprint density at radius 2 is 1.81 bits per heavy atom. The summed E-state index contributed by atoms with van der Waals surface area (Å²) in [6, 6.07) is 24.3. The molecule has 160 valence electrons. The fourth-order valence-electron chi connectivity index (χ4n) is 4.33. The van der Waals surface area contributed by atoms with Crippen LogP contribution in [0.2, 0.25) is 0 Å². The lowest BCUT2D eigenvalue weighted by Gasteiger charge is -2.14. The number of quaternary nitrogens is 1. The van der Waals surface area contributed by atoms with E-state index >= 15 is 0 Å². The predicted octanol–water partition coefficient (Wildman–Crippen LogP) is 2.52. The highest BCUT2D eigenvalue weighted by Crippen LogP contribution is 2.23. The number of nitrogens with one attached hydrogen (secondary N) is 2. The van der Waals surface area contributed by atoms with Gasteiger partial charge in [0.05, 0.1) is 30.4 Å². The lowest BCUT2D eigenvalue weighted by Crippen LogP contribution is -3.09. The van der Waals surface area contributed by atoms with Crippen LogP contribution in [0.15, 0.2) is 91.4 Å². The molecule has 1 unspecified atom stereocenters. The maximum Gasteiger partial charge on any atom is 0.255 e. The van der Waals surface area contributed by atoms with Gasteiger partial charge in [0.1, 0.15) is 12.2 Å². The van der Waals surface area contributed by atoms with Crippen LogP contribution in [0.1, 0.15) is 22.3 Å². The fraction of sp³-hybridized carbons (Fsp3) is 0.192. The summed E-state index contributed by atoms with van der Waals surface area (Å²) >= 11 is 0. The molecule has 2 aromatic heterocycles. The molecule has 6 nitrogen and oxygen atoms in total. The maximum absolute atomic E-state index is 13.3. The number of pyridine rings is 1. The number of rotatable bonds is 6. The lowest BCUT2D eigenvalue weighted by molar-refractivity contribution is -0.901. The van der Waals surface area contributed by atoms with E-state index < -0.39 is 0 Å². The third-order valence-corrected chi connectivity index (χ3v) is 5.93. The SMILES string of the molecule is O=C(N[C@@H]1CC[NH+](Cc2ccccc2)C1)c1cn(-c2ccccc2)nc1-c1cccnc1. The second-order valence-corrected chi connectivity index (χ2v) is 8.24. The van der Waals surface area contributed by atoms with Crippen LogP contribution in [0.25, 0.3) is 16.9 Å². The van der Waals surface area contributed by atoms with Crippen molar-refractivity contribution in [2.45, 2.75) is 19.0 Å². The Labute approximate surface area is 187 Å². The zero-order valence-corrected chi connectivity index (χ0v) is 17.8. The Hall–Kier alpha value is -3.77. The number of carbonyl (C=O) groups is 1. The van der Waals surface area contributed by atoms with Crippen molar-refractivity contribution in [2.24, 2.45) is 0 Å². The fourth-order valence-corrected chi connectivity index (χ4v) is 4.33. The molecular weight excluding hydrogens is 398 g/mol. The molecular formula is C26H26N5O+. The van der Waals surface area contributed by atoms with E-state index in [4.69, 9.17) is 5.10 Å². The van der Waals surface area contributed by atoms with E-state index in [-0.39, 0.29) is 11.9 Å². The molecule has 2 aromatic carbocycles. The van der Waals surface area contributed by atoms with E-state index in [1.54, 1.807) is 17.1 Å². The lowest BCUT2D eigenvalue weighted by atomic mass is 10.1. The zero-order chi connectivity index (χ0) is 21.8. The molecule has 2 N–H and O–H groups in total. The topological polar surface area (TPSA) is 64.2 Å². The molecule has 5 rings (SSSR count). The van der Waals surface area contributed by atoms with Crippen molar-refractivity contribution in [3.05, 3.63) is 103 Å². The van der Waals surface area contributed by atoms with Crippen LogP contribution >= 0.6 is 0 Å². The van der Waals surface area contributed by atoms with Crippen molar-refractivity contribution in [1.82, 2.24) is 20.1 Å². The number of benzene rings is 2. The van der Waals surface area contributed by atoms with Crippen LogP contribution in [0, 0.1) is 0 Å². The van der Waals surface area contributed by atoms with Gasteiger partial charge >= 0.3 is 0 Å². The molecule has 0 spiro atoms. The third-order valence-electron chi connectivity index (χ3n) is 5.93. The number of para-hydroxylation sites is 1. The molecule has 4 aromatic rings. The average molecular weight is 425 g/mol. The Balaban J connectivity index is 1.34. The highest BCUT2D eigenvalue weighted by Gasteiger charge is 2.29. The van der Waals surface area contributed by atoms with Gasteiger partial charge in [-0.05, 0) is 24.3 Å². The monoisotopic (exact) mass is 424 g/mol. The maximum atomic E-state index is 13.3. The molecule has 1 saturated heterocycles. The van der Waals surface area contributed by atoms with Crippen LogP contribution in [-0.2, 0) is 6.54 Å². The van der Waals surface area contributed by atoms with Crippen molar-refractivity contribution < 1.29 is 9.69 Å². The standard InChI is InChI=1S/C26H25N5O/c32-26(28-22-13-15-30(18-22)17-20-8-3-1-4-9-20)24-19-31(23-11-5-2-6-12-23)29-25(24)21-10-7-14-27-16-21/h1-12,14,16,19,22H,13,15,17-18H2,(H,28,32)/p+1/t22-/m1/s1. The molecule has 1 aliphatic heterocycles. The average Bonchev–Trinajstić information content (AvgIpc) is 3.48. The first-order valence-electron chi connectivity index (χ1n) is 11.0. The Morgan fingerprint density at radius 1 is 1.03 bits per heavy atom. The summed E-state index contributed by atoms with van der Waals surface area (Å²) in [6.45, 7) is 2.97. The van der Waals surface area contributed by atoms with Gasteiger partial charge in [-0.1, -0.05) is 48.5 Å². The highest BCUT2D eigenvalue weighted by atomic mass is 16.1. The molecule has 1 fully saturated rings. The summed E-state index contributed by atoms with van der Waals surface area (Å²) in [5.74, 6) is -0.0861. The second kappa shape index (κ2) is 9.16. The van der Waals surface area contributed by atoms with Gasteiger partial charge in [-0.3, -0.25) is 9.78 Å². The minimum absolute atomic E-state index is 0.0861. The number of carbonyl (C=O) groups excluding carboxylic acids is 1. The van der Waals surface area contributed by atoms with Gasteiger partial charge in [0.15, 0.2) is 0 Å². The van der Waals surface area contributed by atoms with Gasteiger partial charge in [0.25, 0.3) is 5.91 Å². The summed E-state index contributed by atoms with van der Waals surface area (Å²) in [7, 11) is 0. The van der Waals surface area contributed by atoms with Crippen LogP contribution in [0.5, 0.6) is 0 Å². The van der Waals surface area contributed by atoms with Crippen molar-refractivity contribution in [1.29, 1.82) is 0 Å². The third kappa shape index (κ3) is 4.45. The van der Waals surface area contributed by atoms with Gasteiger partial charge < -0.3 is 10.2 Å². The molecule has 0 aliphatic carbocycles. The van der Waals surface area contributed by atoms with Crippen molar-refractivity contribution in [3.63, 3.8) is 0 Å². The van der Waals surface area contributed by atoms with E-state index in [1.807, 2.05) is 54.7 Å². The summed E-state index contributed by atoms with van der Waals surface area (Å²) in [5.41, 5.74) is 4.29. The number of aromatic nitrogens is 3. The number of amides is 1. The summed E-state index contributed by atoms with van der Waals surface area (Å²) in [5, 5.41) is 7.98. The smallest absolute Gasteiger partial charge is 0.255 e. The number of likely N-dealkylation sites (tertiary alicyclic amines) is 1. The van der Waals surface area contributed by atoms with Crippen LogP contribution < -0.4 is 10.2 Å². The van der Waals surface area contributed by atoms with Crippen molar-refractivity contribution in [2.75, 3.05) is 13.1 Å². The quantitative estimate of drug-likeness (QED) is 0.500. The Morgan fingerprint density at radius 3 is 2.56 bits per heavy atom. The highest BCUT2D eigenvalue weighted by molar-refractivity contribution is 6.00. The zero-order valence-electron chi connectivity index (χ0n) is 17.8. The van der Waals surface area contributed by atoms with Crippen LogP contribution in [0.4, 0.5) is 0 Å². The Bertz CT molecular complexity index is 1170. The van der Waals surface area contributed by atoms with E-state index in [2.05, 4.69) is 34.6 Å². The molecule has 0 bridgehead atoms. The minimum atomic E-state index is -0.0861. The van der Waals surface area contributed by atoms with Gasteiger partial charge in [-0.2, -0.15) is 5.10 Å². The summed E-state index contributed by atoms with van der Waals surface area (Å²) in [4.78, 5) is 19.0. The van der Waals surface area contributed by atoms with Gasteiger partial charge in [0, 0.05) is 36.1 Å². The normalized spacial score (nSPS) is 17.9. The molecule has 1 amide bonds. The van der Waals surface area contributed by atoms with E-state index in [1.165, 1.54) is 10.5 Å². The van der Waals surface area contributed by atoms with E-state index in [0.717, 1.165) is 37.3 Å². The van der Waals surface area contributed by atoms with Gasteiger partial charge in [0.2, 0.25) is 0 Å². The number of nitrogens with zero attached hydrogens (tertiary/aromatic N) is 3. The van der Waals surface area contributed by atoms with Crippen LogP contribution in [0.3, 0.4) is 0 Å². The van der Waals surface area contributed by atoms with Crippen LogP contribution in [-0.4, -0.2) is 39.8 Å². The first-order chi connectivity index (χ1) is 15.8. The summed E-state index contributed by atoms with van der Waals surface area (Å²) in [6.07, 6.45) is 6.26. The molecule has 3 heterocycles. The van der Waals surface area contributed by atoms with Crippen molar-refractivity contribution >= 4 is 5.91 Å². The largest absolute Gasteiger partial charge is 0.343 e. The minimum Gasteiger partial charge on any atom is -0.343 e. The Kier molecular flexibility index (Phi) is 5.77. The van der Waals surface area contributed by atoms with E-state index in [9.17, 15) is 4.79 Å². The molecule has 0 saturated carbocycles. The number of hydrogen-bond donors (Lipinski definition) is 2. The van der Waals surface area contributed by atoms with E-state index in [0.29, 0.717) is 11.3 Å². The number of hydrogen-bond acceptors (Lipinski definition) is 3. The van der Waals surface area contributed by atoms with Gasteiger partial charge in [-0.25, -0.2) is 4.68 Å². The van der Waals surface area contributed by atoms with Gasteiger partial charge in [-0.15, -0.1) is 0 Å². The second-order valence-electron chi connectivity index (χ2n) is 8.24. The molecule has 6 heteroatoms. The first-order valence-corrected chi connectivity index (χ1v) is 11.0. The molecule has 2 atom stereocenters. The van der Waals surface area contributed by atoms with Crippen molar-refractivity contribution in [3.8, 4) is 16.9 Å². The summed E-state index contributed by atoms with van der Waals surface area (Å²) < 4.78 is 1.76. The molecule has 1 aliphatic rings. The molecule has 32 heavy (non-hydrogen) atoms.